The molecule has 5 heteroatoms. The first-order valence-corrected chi connectivity index (χ1v) is 5.65. The van der Waals surface area contributed by atoms with Gasteiger partial charge in [0.25, 0.3) is 0 Å². The Hall–Kier alpha value is -1.75. The Kier molecular flexibility index (Phi) is 3.49. The van der Waals surface area contributed by atoms with Crippen molar-refractivity contribution in [1.29, 1.82) is 0 Å². The molecule has 1 unspecified atom stereocenters. The van der Waals surface area contributed by atoms with Crippen molar-refractivity contribution >= 4 is 17.3 Å². The van der Waals surface area contributed by atoms with Crippen LogP contribution in [0.25, 0.3) is 0 Å². The molecule has 2 rings (SSSR count). The largest absolute Gasteiger partial charge is 0.478 e. The number of aromatic carboxylic acids is 1. The first-order chi connectivity index (χ1) is 8.16. The van der Waals surface area contributed by atoms with E-state index in [1.165, 1.54) is 0 Å². The number of benzene rings is 1. The molecular weight excluding hydrogens is 220 g/mol. The van der Waals surface area contributed by atoms with Crippen LogP contribution in [0.5, 0.6) is 0 Å². The van der Waals surface area contributed by atoms with Crippen molar-refractivity contribution in [2.75, 3.05) is 24.2 Å². The Morgan fingerprint density at radius 1 is 1.59 bits per heavy atom. The molecule has 0 aromatic heterocycles. The number of carbonyl (C=O) groups is 1. The lowest BCUT2D eigenvalue weighted by Gasteiger charge is -2.12. The van der Waals surface area contributed by atoms with Crippen LogP contribution in [0.4, 0.5) is 11.4 Å². The van der Waals surface area contributed by atoms with Crippen LogP contribution in [-0.4, -0.2) is 30.3 Å². The molecule has 0 bridgehead atoms. The predicted molar refractivity (Wildman–Crippen MR) is 65.3 cm³/mol. The highest BCUT2D eigenvalue weighted by Gasteiger charge is 2.15. The molecule has 0 amide bonds. The number of rotatable bonds is 4. The van der Waals surface area contributed by atoms with Crippen molar-refractivity contribution in [1.82, 2.24) is 0 Å². The summed E-state index contributed by atoms with van der Waals surface area (Å²) >= 11 is 0. The lowest BCUT2D eigenvalue weighted by Crippen LogP contribution is -2.18. The van der Waals surface area contributed by atoms with E-state index in [1.807, 2.05) is 0 Å². The number of hydrogen-bond acceptors (Lipinski definition) is 4. The molecule has 5 nitrogen and oxygen atoms in total. The van der Waals surface area contributed by atoms with Gasteiger partial charge in [0, 0.05) is 24.5 Å². The summed E-state index contributed by atoms with van der Waals surface area (Å²) < 4.78 is 5.47. The van der Waals surface area contributed by atoms with Gasteiger partial charge in [-0.15, -0.1) is 0 Å². The van der Waals surface area contributed by atoms with E-state index in [-0.39, 0.29) is 17.4 Å². The average Bonchev–Trinajstić information content (AvgIpc) is 2.80. The maximum absolute atomic E-state index is 10.9. The normalized spacial score (nSPS) is 19.2. The molecule has 4 N–H and O–H groups in total. The van der Waals surface area contributed by atoms with Crippen molar-refractivity contribution in [2.45, 2.75) is 18.9 Å². The monoisotopic (exact) mass is 236 g/mol. The van der Waals surface area contributed by atoms with Crippen LogP contribution < -0.4 is 11.1 Å². The first-order valence-electron chi connectivity index (χ1n) is 5.65. The van der Waals surface area contributed by atoms with Gasteiger partial charge >= 0.3 is 5.97 Å². The van der Waals surface area contributed by atoms with Gasteiger partial charge in [-0.25, -0.2) is 4.79 Å². The third-order valence-electron chi connectivity index (χ3n) is 2.84. The van der Waals surface area contributed by atoms with Crippen LogP contribution in [-0.2, 0) is 4.74 Å². The molecule has 0 radical (unpaired) electrons. The maximum atomic E-state index is 10.9. The van der Waals surface area contributed by atoms with E-state index in [0.29, 0.717) is 6.54 Å². The van der Waals surface area contributed by atoms with E-state index in [4.69, 9.17) is 15.6 Å². The molecule has 1 aliphatic heterocycles. The summed E-state index contributed by atoms with van der Waals surface area (Å²) in [6, 6.07) is 4.92. The Bertz CT molecular complexity index is 414. The van der Waals surface area contributed by atoms with Gasteiger partial charge in [-0.05, 0) is 31.0 Å². The summed E-state index contributed by atoms with van der Waals surface area (Å²) in [5, 5.41) is 12.1. The Balaban J connectivity index is 2.00. The Labute approximate surface area is 99.6 Å². The molecule has 1 aromatic carbocycles. The summed E-state index contributed by atoms with van der Waals surface area (Å²) in [4.78, 5) is 10.9. The summed E-state index contributed by atoms with van der Waals surface area (Å²) in [7, 11) is 0. The molecule has 17 heavy (non-hydrogen) atoms. The fraction of sp³-hybridized carbons (Fsp3) is 0.417. The zero-order valence-electron chi connectivity index (χ0n) is 9.48. The summed E-state index contributed by atoms with van der Waals surface area (Å²) in [5.41, 5.74) is 6.74. The van der Waals surface area contributed by atoms with Crippen molar-refractivity contribution < 1.29 is 14.6 Å². The van der Waals surface area contributed by atoms with Crippen LogP contribution in [0.2, 0.25) is 0 Å². The van der Waals surface area contributed by atoms with Gasteiger partial charge < -0.3 is 20.9 Å². The number of anilines is 2. The van der Waals surface area contributed by atoms with Crippen molar-refractivity contribution in [2.24, 2.45) is 0 Å². The fourth-order valence-corrected chi connectivity index (χ4v) is 1.89. The van der Waals surface area contributed by atoms with Crippen LogP contribution in [0.1, 0.15) is 23.2 Å². The second kappa shape index (κ2) is 5.05. The lowest BCUT2D eigenvalue weighted by molar-refractivity contribution is 0.0698. The van der Waals surface area contributed by atoms with Crippen LogP contribution in [0.15, 0.2) is 18.2 Å². The van der Waals surface area contributed by atoms with Crippen LogP contribution in [0, 0.1) is 0 Å². The number of nitrogen functional groups attached to an aromatic ring is 1. The van der Waals surface area contributed by atoms with Gasteiger partial charge in [0.05, 0.1) is 11.7 Å². The van der Waals surface area contributed by atoms with Gasteiger partial charge in [0.2, 0.25) is 0 Å². The second-order valence-corrected chi connectivity index (χ2v) is 4.12. The topological polar surface area (TPSA) is 84.6 Å². The predicted octanol–water partition coefficient (Wildman–Crippen LogP) is 1.56. The highest BCUT2D eigenvalue weighted by molar-refractivity contribution is 5.94. The van der Waals surface area contributed by atoms with Crippen molar-refractivity contribution in [3.63, 3.8) is 0 Å². The maximum Gasteiger partial charge on any atom is 0.337 e. The second-order valence-electron chi connectivity index (χ2n) is 4.12. The van der Waals surface area contributed by atoms with E-state index in [0.717, 1.165) is 25.1 Å². The number of carboxylic acids is 1. The minimum absolute atomic E-state index is 0.127. The Morgan fingerprint density at radius 3 is 3.06 bits per heavy atom. The lowest BCUT2D eigenvalue weighted by atomic mass is 10.1. The van der Waals surface area contributed by atoms with E-state index in [1.54, 1.807) is 18.2 Å². The molecule has 1 aliphatic rings. The van der Waals surface area contributed by atoms with E-state index in [2.05, 4.69) is 5.32 Å². The zero-order chi connectivity index (χ0) is 12.3. The molecule has 92 valence electrons. The van der Waals surface area contributed by atoms with E-state index >= 15 is 0 Å². The number of hydrogen-bond donors (Lipinski definition) is 3. The molecular formula is C12H16N2O3. The molecule has 1 fully saturated rings. The molecule has 0 aliphatic carbocycles. The van der Waals surface area contributed by atoms with Gasteiger partial charge in [-0.3, -0.25) is 0 Å². The summed E-state index contributed by atoms with van der Waals surface area (Å²) in [6.45, 7) is 1.51. The fourth-order valence-electron chi connectivity index (χ4n) is 1.89. The van der Waals surface area contributed by atoms with Gasteiger partial charge in [0.15, 0.2) is 0 Å². The minimum atomic E-state index is -1.01. The molecule has 1 heterocycles. The third kappa shape index (κ3) is 2.88. The molecule has 1 saturated heterocycles. The van der Waals surface area contributed by atoms with Crippen LogP contribution in [0.3, 0.4) is 0 Å². The summed E-state index contributed by atoms with van der Waals surface area (Å²) in [6.07, 6.45) is 2.36. The molecule has 0 spiro atoms. The highest BCUT2D eigenvalue weighted by atomic mass is 16.5. The number of ether oxygens (including phenoxy) is 1. The van der Waals surface area contributed by atoms with Gasteiger partial charge in [0.1, 0.15) is 0 Å². The van der Waals surface area contributed by atoms with Crippen LogP contribution >= 0.6 is 0 Å². The standard InChI is InChI=1S/C12H16N2O3/c13-11-4-3-8(6-10(11)12(15)16)14-7-9-2-1-5-17-9/h3-4,6,9,14H,1-2,5,7,13H2,(H,15,16). The number of nitrogens with two attached hydrogens (primary N) is 1. The smallest absolute Gasteiger partial charge is 0.337 e. The van der Waals surface area contributed by atoms with Gasteiger partial charge in [-0.1, -0.05) is 0 Å². The number of nitrogens with one attached hydrogen (secondary N) is 1. The SMILES string of the molecule is Nc1ccc(NCC2CCCO2)cc1C(=O)O. The number of carboxylic acid groups (broad SMARTS) is 1. The zero-order valence-corrected chi connectivity index (χ0v) is 9.48. The third-order valence-corrected chi connectivity index (χ3v) is 2.84. The van der Waals surface area contributed by atoms with E-state index < -0.39 is 5.97 Å². The molecule has 0 saturated carbocycles. The average molecular weight is 236 g/mol. The first kappa shape index (κ1) is 11.7. The highest BCUT2D eigenvalue weighted by Crippen LogP contribution is 2.19. The van der Waals surface area contributed by atoms with Crippen molar-refractivity contribution in [3.05, 3.63) is 23.8 Å². The van der Waals surface area contributed by atoms with Crippen molar-refractivity contribution in [3.8, 4) is 0 Å². The van der Waals surface area contributed by atoms with E-state index in [9.17, 15) is 4.79 Å². The molecule has 1 atom stereocenters. The molecule has 1 aromatic rings. The van der Waals surface area contributed by atoms with Gasteiger partial charge in [-0.2, -0.15) is 0 Å². The Morgan fingerprint density at radius 2 is 2.41 bits per heavy atom. The minimum Gasteiger partial charge on any atom is -0.478 e. The summed E-state index contributed by atoms with van der Waals surface area (Å²) in [5.74, 6) is -1.01. The quantitative estimate of drug-likeness (QED) is 0.691.